The second-order valence-corrected chi connectivity index (χ2v) is 6.27. The molecular formula is C19H27N5O. The smallest absolute Gasteiger partial charge is 0.274 e. The lowest BCUT2D eigenvalue weighted by atomic mass is 10.1. The fourth-order valence-electron chi connectivity index (χ4n) is 2.50. The molecular weight excluding hydrogens is 314 g/mol. The molecule has 0 radical (unpaired) electrons. The molecule has 6 heteroatoms. The van der Waals surface area contributed by atoms with Gasteiger partial charge in [0.25, 0.3) is 5.91 Å². The van der Waals surface area contributed by atoms with E-state index in [0.29, 0.717) is 11.6 Å². The molecule has 0 bridgehead atoms. The standard InChI is InChI=1S/C19H27N5O/c1-5-15-9-6-7-10-16(15)22-18(25)17-13-14(2)21-19(23-17)20-11-8-12-24(3)4/h6-7,9-10,13H,5,8,11-12H2,1-4H3,(H,22,25)(H,20,21,23). The van der Waals surface area contributed by atoms with Crippen LogP contribution < -0.4 is 10.6 Å². The summed E-state index contributed by atoms with van der Waals surface area (Å²) < 4.78 is 0. The van der Waals surface area contributed by atoms with Gasteiger partial charge in [0.05, 0.1) is 0 Å². The van der Waals surface area contributed by atoms with Crippen LogP contribution in [0, 0.1) is 6.92 Å². The quantitative estimate of drug-likeness (QED) is 0.723. The number of hydrogen-bond donors (Lipinski definition) is 2. The third-order valence-corrected chi connectivity index (χ3v) is 3.80. The number of rotatable bonds is 8. The fourth-order valence-corrected chi connectivity index (χ4v) is 2.50. The van der Waals surface area contributed by atoms with Crippen molar-refractivity contribution in [2.45, 2.75) is 26.7 Å². The van der Waals surface area contributed by atoms with Gasteiger partial charge in [-0.25, -0.2) is 9.97 Å². The highest BCUT2D eigenvalue weighted by molar-refractivity contribution is 6.03. The summed E-state index contributed by atoms with van der Waals surface area (Å²) in [5, 5.41) is 6.14. The van der Waals surface area contributed by atoms with Crippen molar-refractivity contribution >= 4 is 17.5 Å². The largest absolute Gasteiger partial charge is 0.354 e. The normalized spacial score (nSPS) is 10.8. The Morgan fingerprint density at radius 3 is 2.68 bits per heavy atom. The van der Waals surface area contributed by atoms with E-state index in [-0.39, 0.29) is 5.91 Å². The predicted octanol–water partition coefficient (Wildman–Crippen LogP) is 2.96. The van der Waals surface area contributed by atoms with E-state index in [2.05, 4.69) is 32.4 Å². The zero-order valence-electron chi connectivity index (χ0n) is 15.5. The first kappa shape index (κ1) is 18.9. The van der Waals surface area contributed by atoms with Crippen LogP contribution in [-0.2, 0) is 6.42 Å². The molecule has 0 saturated carbocycles. The first-order chi connectivity index (χ1) is 12.0. The van der Waals surface area contributed by atoms with Crippen molar-refractivity contribution in [1.82, 2.24) is 14.9 Å². The Bertz CT molecular complexity index is 715. The highest BCUT2D eigenvalue weighted by Gasteiger charge is 2.12. The van der Waals surface area contributed by atoms with Crippen LogP contribution in [0.5, 0.6) is 0 Å². The van der Waals surface area contributed by atoms with E-state index < -0.39 is 0 Å². The molecule has 1 aromatic heterocycles. The number of amides is 1. The molecule has 2 N–H and O–H groups in total. The lowest BCUT2D eigenvalue weighted by Gasteiger charge is -2.12. The number of carbonyl (C=O) groups is 1. The molecule has 2 rings (SSSR count). The SMILES string of the molecule is CCc1ccccc1NC(=O)c1cc(C)nc(NCCCN(C)C)n1. The maximum absolute atomic E-state index is 12.6. The van der Waals surface area contributed by atoms with Crippen LogP contribution >= 0.6 is 0 Å². The van der Waals surface area contributed by atoms with Crippen molar-refractivity contribution in [3.63, 3.8) is 0 Å². The Hall–Kier alpha value is -2.47. The summed E-state index contributed by atoms with van der Waals surface area (Å²) in [6, 6.07) is 9.51. The summed E-state index contributed by atoms with van der Waals surface area (Å²) in [6.07, 6.45) is 1.84. The minimum absolute atomic E-state index is 0.220. The number of aromatic nitrogens is 2. The van der Waals surface area contributed by atoms with Crippen molar-refractivity contribution in [2.24, 2.45) is 0 Å². The lowest BCUT2D eigenvalue weighted by molar-refractivity contribution is 0.102. The molecule has 0 atom stereocenters. The third-order valence-electron chi connectivity index (χ3n) is 3.80. The van der Waals surface area contributed by atoms with Crippen molar-refractivity contribution in [3.8, 4) is 0 Å². The molecule has 0 aliphatic heterocycles. The average Bonchev–Trinajstić information content (AvgIpc) is 2.58. The van der Waals surface area contributed by atoms with E-state index in [1.807, 2.05) is 45.3 Å². The van der Waals surface area contributed by atoms with Crippen LogP contribution in [0.3, 0.4) is 0 Å². The summed E-state index contributed by atoms with van der Waals surface area (Å²) in [5.74, 6) is 0.274. The van der Waals surface area contributed by atoms with Crippen molar-refractivity contribution in [3.05, 3.63) is 47.3 Å². The molecule has 134 valence electrons. The topological polar surface area (TPSA) is 70.2 Å². The number of anilines is 2. The lowest BCUT2D eigenvalue weighted by Crippen LogP contribution is -2.19. The van der Waals surface area contributed by atoms with Crippen LogP contribution in [0.4, 0.5) is 11.6 Å². The summed E-state index contributed by atoms with van der Waals surface area (Å²) in [4.78, 5) is 23.4. The van der Waals surface area contributed by atoms with Crippen LogP contribution in [0.25, 0.3) is 0 Å². The van der Waals surface area contributed by atoms with Crippen molar-refractivity contribution < 1.29 is 4.79 Å². The minimum atomic E-state index is -0.220. The van der Waals surface area contributed by atoms with Gasteiger partial charge >= 0.3 is 0 Å². The summed E-state index contributed by atoms with van der Waals surface area (Å²) in [5.41, 5.74) is 3.06. The van der Waals surface area contributed by atoms with Gasteiger partial charge in [0.1, 0.15) is 5.69 Å². The maximum Gasteiger partial charge on any atom is 0.274 e. The number of aryl methyl sites for hydroxylation is 2. The van der Waals surface area contributed by atoms with Gasteiger partial charge in [0.15, 0.2) is 0 Å². The monoisotopic (exact) mass is 341 g/mol. The van der Waals surface area contributed by atoms with Gasteiger partial charge in [-0.3, -0.25) is 4.79 Å². The first-order valence-electron chi connectivity index (χ1n) is 8.63. The van der Waals surface area contributed by atoms with Crippen LogP contribution in [-0.4, -0.2) is 48.0 Å². The number of hydrogen-bond acceptors (Lipinski definition) is 5. The molecule has 25 heavy (non-hydrogen) atoms. The second kappa shape index (κ2) is 9.13. The molecule has 1 heterocycles. The van der Waals surface area contributed by atoms with E-state index in [4.69, 9.17) is 0 Å². The fraction of sp³-hybridized carbons (Fsp3) is 0.421. The molecule has 0 aliphatic rings. The number of nitrogens with zero attached hydrogens (tertiary/aromatic N) is 3. The Morgan fingerprint density at radius 1 is 1.20 bits per heavy atom. The molecule has 0 aliphatic carbocycles. The Balaban J connectivity index is 2.06. The average molecular weight is 341 g/mol. The number of nitrogens with one attached hydrogen (secondary N) is 2. The molecule has 1 amide bonds. The molecule has 0 spiro atoms. The van der Waals surface area contributed by atoms with Crippen LogP contribution in [0.1, 0.15) is 35.1 Å². The summed E-state index contributed by atoms with van der Waals surface area (Å²) in [7, 11) is 4.08. The number of carbonyl (C=O) groups excluding carboxylic acids is 1. The first-order valence-corrected chi connectivity index (χ1v) is 8.63. The van der Waals surface area contributed by atoms with Gasteiger partial charge in [0, 0.05) is 17.9 Å². The predicted molar refractivity (Wildman–Crippen MR) is 102 cm³/mol. The molecule has 0 fully saturated rings. The molecule has 0 saturated heterocycles. The number of benzene rings is 1. The van der Waals surface area contributed by atoms with Crippen molar-refractivity contribution in [1.29, 1.82) is 0 Å². The van der Waals surface area contributed by atoms with E-state index in [0.717, 1.165) is 42.9 Å². The highest BCUT2D eigenvalue weighted by atomic mass is 16.1. The van der Waals surface area contributed by atoms with Gasteiger partial charge in [-0.2, -0.15) is 0 Å². The highest BCUT2D eigenvalue weighted by Crippen LogP contribution is 2.16. The summed E-state index contributed by atoms with van der Waals surface area (Å²) >= 11 is 0. The van der Waals surface area contributed by atoms with Gasteiger partial charge in [-0.05, 0) is 58.1 Å². The zero-order valence-corrected chi connectivity index (χ0v) is 15.5. The van der Waals surface area contributed by atoms with E-state index in [1.54, 1.807) is 6.07 Å². The van der Waals surface area contributed by atoms with Crippen LogP contribution in [0.2, 0.25) is 0 Å². The molecule has 0 unspecified atom stereocenters. The van der Waals surface area contributed by atoms with Gasteiger partial charge in [-0.1, -0.05) is 25.1 Å². The van der Waals surface area contributed by atoms with E-state index in [1.165, 1.54) is 0 Å². The van der Waals surface area contributed by atoms with Gasteiger partial charge < -0.3 is 15.5 Å². The third kappa shape index (κ3) is 5.83. The minimum Gasteiger partial charge on any atom is -0.354 e. The molecule has 2 aromatic rings. The summed E-state index contributed by atoms with van der Waals surface area (Å²) in [6.45, 7) is 5.68. The van der Waals surface area contributed by atoms with Crippen molar-refractivity contribution in [2.75, 3.05) is 37.8 Å². The zero-order chi connectivity index (χ0) is 18.2. The molecule has 6 nitrogen and oxygen atoms in total. The second-order valence-electron chi connectivity index (χ2n) is 6.27. The number of para-hydroxylation sites is 1. The Labute approximate surface area is 149 Å². The van der Waals surface area contributed by atoms with E-state index in [9.17, 15) is 4.79 Å². The van der Waals surface area contributed by atoms with E-state index >= 15 is 0 Å². The van der Waals surface area contributed by atoms with Gasteiger partial charge in [-0.15, -0.1) is 0 Å². The molecule has 1 aromatic carbocycles. The van der Waals surface area contributed by atoms with Crippen LogP contribution in [0.15, 0.2) is 30.3 Å². The van der Waals surface area contributed by atoms with Gasteiger partial charge in [0.2, 0.25) is 5.95 Å². The Morgan fingerprint density at radius 2 is 1.96 bits per heavy atom. The maximum atomic E-state index is 12.6. The Kier molecular flexibility index (Phi) is 6.89.